The van der Waals surface area contributed by atoms with Crippen LogP contribution in [0, 0.1) is 0 Å². The molecular formula is C6H10Cl3F4NO3S. The molecule has 0 aliphatic carbocycles. The normalized spacial score (nSPS) is 15.9. The Balaban J connectivity index is 0. The van der Waals surface area contributed by atoms with Crippen molar-refractivity contribution in [3.63, 3.8) is 0 Å². The van der Waals surface area contributed by atoms with E-state index in [9.17, 15) is 21.8 Å². The zero-order chi connectivity index (χ0) is 15.2. The maximum absolute atomic E-state index is 12.0. The molecule has 0 radical (unpaired) electrons. The van der Waals surface area contributed by atoms with Gasteiger partial charge in [-0.1, -0.05) is 0 Å². The van der Waals surface area contributed by atoms with Crippen molar-refractivity contribution in [3.05, 3.63) is 0 Å². The van der Waals surface area contributed by atoms with E-state index in [4.69, 9.17) is 48.6 Å². The molecule has 0 aliphatic rings. The van der Waals surface area contributed by atoms with Crippen LogP contribution >= 0.6 is 33.0 Å². The van der Waals surface area contributed by atoms with Crippen molar-refractivity contribution < 1.29 is 31.7 Å². The molecule has 18 heavy (non-hydrogen) atoms. The molecule has 0 fully saturated rings. The van der Waals surface area contributed by atoms with Gasteiger partial charge in [-0.3, -0.25) is 4.21 Å². The number of carboxylic acid groups (broad SMARTS) is 1. The van der Waals surface area contributed by atoms with Crippen LogP contribution in [-0.2, 0) is 12.3 Å². The summed E-state index contributed by atoms with van der Waals surface area (Å²) in [6.07, 6.45) is -5.08. The molecule has 1 unspecified atom stereocenters. The molecular weight excluding hydrogens is 348 g/mol. The van der Waals surface area contributed by atoms with Crippen molar-refractivity contribution in [2.75, 3.05) is 18.3 Å². The van der Waals surface area contributed by atoms with Gasteiger partial charge in [-0.05, 0) is 21.4 Å². The van der Waals surface area contributed by atoms with E-state index in [1.54, 1.807) is 0 Å². The van der Waals surface area contributed by atoms with Gasteiger partial charge in [-0.2, -0.15) is 13.2 Å². The maximum atomic E-state index is 12.0. The summed E-state index contributed by atoms with van der Waals surface area (Å²) in [5.74, 6) is -3.07. The molecule has 0 saturated carbocycles. The van der Waals surface area contributed by atoms with E-state index in [-0.39, 0.29) is 12.3 Å². The Morgan fingerprint density at radius 3 is 1.89 bits per heavy atom. The van der Waals surface area contributed by atoms with Crippen molar-refractivity contribution >= 4 is 46.4 Å². The summed E-state index contributed by atoms with van der Waals surface area (Å²) < 4.78 is 54.9. The smallest absolute Gasteiger partial charge is 0.475 e. The Labute approximate surface area is 114 Å². The Kier molecular flexibility index (Phi) is 8.07. The first-order valence-corrected chi connectivity index (χ1v) is 8.40. The van der Waals surface area contributed by atoms with E-state index < -0.39 is 31.0 Å². The number of aliphatic carboxylic acids is 1. The number of carbonyl (C=O) groups is 1. The van der Waals surface area contributed by atoms with E-state index in [2.05, 4.69) is 0 Å². The van der Waals surface area contributed by atoms with Gasteiger partial charge in [0.2, 0.25) is 0 Å². The van der Waals surface area contributed by atoms with Crippen molar-refractivity contribution in [2.24, 2.45) is 5.73 Å². The van der Waals surface area contributed by atoms with Gasteiger partial charge < -0.3 is 10.8 Å². The molecule has 0 aromatic carbocycles. The van der Waals surface area contributed by atoms with Gasteiger partial charge in [0.1, 0.15) is 0 Å². The molecule has 3 N–H and O–H groups in total. The average Bonchev–Trinajstić information content (AvgIpc) is 2.16. The SMILES string of the molecule is NCC(Cl)CS(=O)(Cl)(Cl)CF.O=C(O)C(F)(F)F. The third kappa shape index (κ3) is 11.3. The molecule has 0 aliphatic heterocycles. The van der Waals surface area contributed by atoms with Gasteiger partial charge in [-0.15, -0.1) is 11.6 Å². The second kappa shape index (κ2) is 7.09. The lowest BCUT2D eigenvalue weighted by Gasteiger charge is -2.25. The highest BCUT2D eigenvalue weighted by atomic mass is 36.0. The number of alkyl halides is 5. The zero-order valence-electron chi connectivity index (χ0n) is 8.59. The molecule has 0 bridgehead atoms. The number of carboxylic acids is 1. The summed E-state index contributed by atoms with van der Waals surface area (Å²) in [5.41, 5.74) is 5.10. The first-order valence-electron chi connectivity index (χ1n) is 4.01. The molecule has 112 valence electrons. The third-order valence-corrected chi connectivity index (χ3v) is 4.40. The molecule has 0 heterocycles. The lowest BCUT2D eigenvalue weighted by molar-refractivity contribution is -0.192. The van der Waals surface area contributed by atoms with E-state index in [0.717, 1.165) is 0 Å². The minimum absolute atomic E-state index is 0.0650. The summed E-state index contributed by atoms with van der Waals surface area (Å²) in [6, 6.07) is -1.29. The standard InChI is InChI=1S/C4H9Cl3FNOS.C2HF3O2/c5-4(1-9)2-11(6,7,10)3-8;3-2(4,5)1(6)7/h4H,1-3,9H2;(H,6,7). The molecule has 0 amide bonds. The minimum atomic E-state index is -5.08. The largest absolute Gasteiger partial charge is 0.490 e. The van der Waals surface area contributed by atoms with Crippen LogP contribution in [-0.4, -0.2) is 45.1 Å². The second-order valence-corrected chi connectivity index (χ2v) is 11.0. The minimum Gasteiger partial charge on any atom is -0.475 e. The van der Waals surface area contributed by atoms with Crippen LogP contribution in [0.3, 0.4) is 0 Å². The van der Waals surface area contributed by atoms with Crippen molar-refractivity contribution in [1.82, 2.24) is 0 Å². The fourth-order valence-corrected chi connectivity index (χ4v) is 3.45. The fourth-order valence-electron chi connectivity index (χ4n) is 0.451. The first kappa shape index (κ1) is 20.5. The van der Waals surface area contributed by atoms with Gasteiger partial charge in [0.15, 0.2) is 6.01 Å². The highest BCUT2D eigenvalue weighted by Gasteiger charge is 2.38. The highest BCUT2D eigenvalue weighted by Crippen LogP contribution is 2.38. The Bertz CT molecular complexity index is 345. The van der Waals surface area contributed by atoms with Gasteiger partial charge in [0.05, 0.1) is 12.9 Å². The predicted octanol–water partition coefficient (Wildman–Crippen LogP) is 2.24. The summed E-state index contributed by atoms with van der Waals surface area (Å²) in [4.78, 5) is 8.90. The molecule has 1 atom stereocenters. The molecule has 0 aromatic rings. The highest BCUT2D eigenvalue weighted by molar-refractivity contribution is 8.53. The van der Waals surface area contributed by atoms with Crippen molar-refractivity contribution in [2.45, 2.75) is 11.6 Å². The number of halogens is 7. The molecule has 0 rings (SSSR count). The second-order valence-electron chi connectivity index (χ2n) is 2.97. The summed E-state index contributed by atoms with van der Waals surface area (Å²) >= 11 is 5.48. The number of hydrogen-bond acceptors (Lipinski definition) is 3. The van der Waals surface area contributed by atoms with Crippen LogP contribution in [0.5, 0.6) is 0 Å². The fraction of sp³-hybridized carbons (Fsp3) is 0.833. The summed E-state index contributed by atoms with van der Waals surface area (Å²) in [5, 5.41) is 6.47. The molecule has 0 spiro atoms. The number of hydrogen-bond donors (Lipinski definition) is 2. The van der Waals surface area contributed by atoms with Gasteiger partial charge in [-0.25, -0.2) is 9.18 Å². The van der Waals surface area contributed by atoms with Crippen LogP contribution < -0.4 is 5.73 Å². The van der Waals surface area contributed by atoms with Crippen LogP contribution in [0.15, 0.2) is 0 Å². The maximum Gasteiger partial charge on any atom is 0.490 e. The quantitative estimate of drug-likeness (QED) is 0.459. The summed E-state index contributed by atoms with van der Waals surface area (Å²) in [7, 11) is 6.34. The molecule has 0 aromatic heterocycles. The Morgan fingerprint density at radius 1 is 1.39 bits per heavy atom. The monoisotopic (exact) mass is 357 g/mol. The van der Waals surface area contributed by atoms with Crippen LogP contribution in [0.25, 0.3) is 0 Å². The number of nitrogens with two attached hydrogens (primary N) is 1. The first-order chi connectivity index (χ1) is 7.73. The van der Waals surface area contributed by atoms with Gasteiger partial charge >= 0.3 is 12.1 Å². The van der Waals surface area contributed by atoms with Crippen LogP contribution in [0.4, 0.5) is 17.6 Å². The van der Waals surface area contributed by atoms with Crippen LogP contribution in [0.1, 0.15) is 0 Å². The molecule has 12 heteroatoms. The van der Waals surface area contributed by atoms with E-state index in [1.807, 2.05) is 0 Å². The van der Waals surface area contributed by atoms with Crippen molar-refractivity contribution in [3.8, 4) is 0 Å². The lowest BCUT2D eigenvalue weighted by atomic mass is 10.5. The lowest BCUT2D eigenvalue weighted by Crippen LogP contribution is -2.33. The molecule has 4 nitrogen and oxygen atoms in total. The third-order valence-electron chi connectivity index (χ3n) is 1.20. The Morgan fingerprint density at radius 2 is 1.72 bits per heavy atom. The topological polar surface area (TPSA) is 80.4 Å². The zero-order valence-corrected chi connectivity index (χ0v) is 11.7. The number of rotatable bonds is 4. The molecule has 0 saturated heterocycles. The predicted molar refractivity (Wildman–Crippen MR) is 63.1 cm³/mol. The van der Waals surface area contributed by atoms with E-state index >= 15 is 0 Å². The summed E-state index contributed by atoms with van der Waals surface area (Å²) in [6.45, 7) is 0.0650. The van der Waals surface area contributed by atoms with E-state index in [1.165, 1.54) is 0 Å². The van der Waals surface area contributed by atoms with Gasteiger partial charge in [0, 0.05) is 12.3 Å². The van der Waals surface area contributed by atoms with Crippen molar-refractivity contribution in [1.29, 1.82) is 0 Å². The Hall–Kier alpha value is 0.170. The van der Waals surface area contributed by atoms with Crippen LogP contribution in [0.2, 0.25) is 0 Å². The van der Waals surface area contributed by atoms with Gasteiger partial charge in [0.25, 0.3) is 0 Å². The average molecular weight is 359 g/mol. The van der Waals surface area contributed by atoms with E-state index in [0.29, 0.717) is 0 Å².